The number of methoxy groups -OCH3 is 1. The molecule has 104 valence electrons. The number of carbonyl (C=O) groups excluding carboxylic acids is 2. The molecule has 0 saturated heterocycles. The Bertz CT molecular complexity index is 470. The van der Waals surface area contributed by atoms with Crippen molar-refractivity contribution in [3.63, 3.8) is 0 Å². The number of nitrogens with one attached hydrogen (secondary N) is 2. The predicted molar refractivity (Wildman–Crippen MR) is 73.7 cm³/mol. The van der Waals surface area contributed by atoms with Crippen LogP contribution in [0.2, 0.25) is 0 Å². The number of carbonyl (C=O) groups is 2. The molecule has 0 spiro atoms. The first-order valence-corrected chi connectivity index (χ1v) is 6.06. The summed E-state index contributed by atoms with van der Waals surface area (Å²) in [7, 11) is 1.36. The molecule has 1 aromatic carbocycles. The smallest absolute Gasteiger partial charge is 0.325 e. The Kier molecular flexibility index (Phi) is 5.06. The molecule has 0 aliphatic heterocycles. The van der Waals surface area contributed by atoms with Crippen LogP contribution in [-0.4, -0.2) is 24.5 Å². The Morgan fingerprint density at radius 3 is 2.47 bits per heavy atom. The van der Waals surface area contributed by atoms with Gasteiger partial charge in [0.1, 0.15) is 5.54 Å². The molecule has 0 unspecified atom stereocenters. The predicted octanol–water partition coefficient (Wildman–Crippen LogP) is 1.69. The Balaban J connectivity index is 2.77. The molecule has 1 rings (SSSR count). The van der Waals surface area contributed by atoms with Gasteiger partial charge >= 0.3 is 5.97 Å². The molecule has 2 N–H and O–H groups in total. The summed E-state index contributed by atoms with van der Waals surface area (Å²) >= 11 is 0. The number of para-hydroxylation sites is 1. The molecule has 0 bridgehead atoms. The SMILES string of the molecule is COC(=O)C(C)(C)NCc1ccccc1NC(C)=O. The van der Waals surface area contributed by atoms with Crippen molar-refractivity contribution in [1.29, 1.82) is 0 Å². The molecule has 0 fully saturated rings. The van der Waals surface area contributed by atoms with Crippen LogP contribution in [0.15, 0.2) is 24.3 Å². The van der Waals surface area contributed by atoms with E-state index in [1.807, 2.05) is 24.3 Å². The van der Waals surface area contributed by atoms with E-state index in [0.717, 1.165) is 11.3 Å². The Morgan fingerprint density at radius 2 is 1.89 bits per heavy atom. The zero-order valence-electron chi connectivity index (χ0n) is 11.7. The molecule has 0 aliphatic carbocycles. The number of benzene rings is 1. The van der Waals surface area contributed by atoms with Crippen molar-refractivity contribution >= 4 is 17.6 Å². The maximum Gasteiger partial charge on any atom is 0.325 e. The van der Waals surface area contributed by atoms with Crippen molar-refractivity contribution in [2.75, 3.05) is 12.4 Å². The van der Waals surface area contributed by atoms with E-state index in [2.05, 4.69) is 10.6 Å². The standard InChI is InChI=1S/C14H20N2O3/c1-10(17)16-12-8-6-5-7-11(12)9-15-14(2,3)13(18)19-4/h5-8,15H,9H2,1-4H3,(H,16,17). The fourth-order valence-electron chi connectivity index (χ4n) is 1.63. The first-order chi connectivity index (χ1) is 8.86. The molecule has 1 amide bonds. The van der Waals surface area contributed by atoms with Crippen LogP contribution in [0.3, 0.4) is 0 Å². The highest BCUT2D eigenvalue weighted by atomic mass is 16.5. The number of hydrogen-bond donors (Lipinski definition) is 2. The molecule has 0 atom stereocenters. The van der Waals surface area contributed by atoms with Crippen molar-refractivity contribution < 1.29 is 14.3 Å². The molecule has 19 heavy (non-hydrogen) atoms. The highest BCUT2D eigenvalue weighted by Gasteiger charge is 2.27. The Labute approximate surface area is 113 Å². The summed E-state index contributed by atoms with van der Waals surface area (Å²) in [6.45, 7) is 5.42. The van der Waals surface area contributed by atoms with Crippen molar-refractivity contribution in [3.8, 4) is 0 Å². The van der Waals surface area contributed by atoms with Gasteiger partial charge in [-0.3, -0.25) is 14.9 Å². The number of amides is 1. The zero-order chi connectivity index (χ0) is 14.5. The lowest BCUT2D eigenvalue weighted by Crippen LogP contribution is -2.47. The summed E-state index contributed by atoms with van der Waals surface area (Å²) in [4.78, 5) is 22.7. The summed E-state index contributed by atoms with van der Waals surface area (Å²) in [5, 5.41) is 5.87. The average molecular weight is 264 g/mol. The first kappa shape index (κ1) is 15.2. The third kappa shape index (κ3) is 4.37. The van der Waals surface area contributed by atoms with Crippen LogP contribution in [0.4, 0.5) is 5.69 Å². The second kappa shape index (κ2) is 6.33. The summed E-state index contributed by atoms with van der Waals surface area (Å²) in [5.74, 6) is -0.454. The number of ether oxygens (including phenoxy) is 1. The summed E-state index contributed by atoms with van der Waals surface area (Å²) < 4.78 is 4.73. The first-order valence-electron chi connectivity index (χ1n) is 6.06. The summed E-state index contributed by atoms with van der Waals surface area (Å²) in [5.41, 5.74) is 0.871. The topological polar surface area (TPSA) is 67.4 Å². The van der Waals surface area contributed by atoms with Crippen LogP contribution < -0.4 is 10.6 Å². The molecule has 0 aliphatic rings. The number of hydrogen-bond acceptors (Lipinski definition) is 4. The van der Waals surface area contributed by atoms with E-state index in [1.165, 1.54) is 14.0 Å². The molecular formula is C14H20N2O3. The Hall–Kier alpha value is -1.88. The lowest BCUT2D eigenvalue weighted by atomic mass is 10.0. The fraction of sp³-hybridized carbons (Fsp3) is 0.429. The van der Waals surface area contributed by atoms with Crippen LogP contribution >= 0.6 is 0 Å². The molecular weight excluding hydrogens is 244 g/mol. The minimum atomic E-state index is -0.780. The summed E-state index contributed by atoms with van der Waals surface area (Å²) in [6, 6.07) is 7.45. The average Bonchev–Trinajstić information content (AvgIpc) is 2.36. The van der Waals surface area contributed by atoms with Crippen LogP contribution in [0.25, 0.3) is 0 Å². The van der Waals surface area contributed by atoms with Gasteiger partial charge in [0.2, 0.25) is 5.91 Å². The van der Waals surface area contributed by atoms with Gasteiger partial charge in [0.05, 0.1) is 7.11 Å². The van der Waals surface area contributed by atoms with Crippen molar-refractivity contribution in [1.82, 2.24) is 5.32 Å². The second-order valence-corrected chi connectivity index (χ2v) is 4.81. The van der Waals surface area contributed by atoms with Gasteiger partial charge in [0.15, 0.2) is 0 Å². The highest BCUT2D eigenvalue weighted by Crippen LogP contribution is 2.16. The number of esters is 1. The molecule has 0 radical (unpaired) electrons. The van der Waals surface area contributed by atoms with E-state index in [4.69, 9.17) is 4.74 Å². The largest absolute Gasteiger partial charge is 0.468 e. The van der Waals surface area contributed by atoms with Gasteiger partial charge in [0, 0.05) is 19.2 Å². The van der Waals surface area contributed by atoms with Gasteiger partial charge in [-0.25, -0.2) is 0 Å². The zero-order valence-corrected chi connectivity index (χ0v) is 11.7. The van der Waals surface area contributed by atoms with E-state index in [-0.39, 0.29) is 11.9 Å². The normalized spacial score (nSPS) is 10.9. The van der Waals surface area contributed by atoms with Gasteiger partial charge in [-0.1, -0.05) is 18.2 Å². The van der Waals surface area contributed by atoms with E-state index in [1.54, 1.807) is 13.8 Å². The minimum absolute atomic E-state index is 0.125. The van der Waals surface area contributed by atoms with E-state index in [9.17, 15) is 9.59 Å². The van der Waals surface area contributed by atoms with E-state index >= 15 is 0 Å². The number of rotatable bonds is 5. The maximum atomic E-state index is 11.6. The van der Waals surface area contributed by atoms with Crippen molar-refractivity contribution in [2.45, 2.75) is 32.9 Å². The lowest BCUT2D eigenvalue weighted by molar-refractivity contribution is -0.147. The third-order valence-corrected chi connectivity index (χ3v) is 2.74. The van der Waals surface area contributed by atoms with Gasteiger partial charge in [-0.15, -0.1) is 0 Å². The van der Waals surface area contributed by atoms with Crippen LogP contribution in [0.5, 0.6) is 0 Å². The molecule has 5 nitrogen and oxygen atoms in total. The van der Waals surface area contributed by atoms with Crippen molar-refractivity contribution in [3.05, 3.63) is 29.8 Å². The van der Waals surface area contributed by atoms with E-state index in [0.29, 0.717) is 6.54 Å². The van der Waals surface area contributed by atoms with Crippen molar-refractivity contribution in [2.24, 2.45) is 0 Å². The van der Waals surface area contributed by atoms with Crippen LogP contribution in [0.1, 0.15) is 26.3 Å². The van der Waals surface area contributed by atoms with Gasteiger partial charge in [-0.05, 0) is 25.5 Å². The summed E-state index contributed by atoms with van der Waals surface area (Å²) in [6.07, 6.45) is 0. The van der Waals surface area contributed by atoms with Gasteiger partial charge in [0.25, 0.3) is 0 Å². The highest BCUT2D eigenvalue weighted by molar-refractivity contribution is 5.89. The quantitative estimate of drug-likeness (QED) is 0.794. The molecule has 0 heterocycles. The molecule has 0 aromatic heterocycles. The van der Waals surface area contributed by atoms with E-state index < -0.39 is 5.54 Å². The molecule has 0 saturated carbocycles. The number of anilines is 1. The fourth-order valence-corrected chi connectivity index (χ4v) is 1.63. The van der Waals surface area contributed by atoms with Crippen LogP contribution in [-0.2, 0) is 20.9 Å². The monoisotopic (exact) mass is 264 g/mol. The van der Waals surface area contributed by atoms with Gasteiger partial charge in [-0.2, -0.15) is 0 Å². The molecule has 1 aromatic rings. The third-order valence-electron chi connectivity index (χ3n) is 2.74. The second-order valence-electron chi connectivity index (χ2n) is 4.81. The Morgan fingerprint density at radius 1 is 1.26 bits per heavy atom. The van der Waals surface area contributed by atoms with Crippen LogP contribution in [0, 0.1) is 0 Å². The molecule has 5 heteroatoms. The van der Waals surface area contributed by atoms with Gasteiger partial charge < -0.3 is 10.1 Å². The lowest BCUT2D eigenvalue weighted by Gasteiger charge is -2.23. The maximum absolute atomic E-state index is 11.6. The minimum Gasteiger partial charge on any atom is -0.468 e.